The summed E-state index contributed by atoms with van der Waals surface area (Å²) in [6.07, 6.45) is 4.58. The van der Waals surface area contributed by atoms with Gasteiger partial charge in [0.15, 0.2) is 9.84 Å². The van der Waals surface area contributed by atoms with Crippen molar-refractivity contribution in [2.45, 2.75) is 82.6 Å². The summed E-state index contributed by atoms with van der Waals surface area (Å²) in [6, 6.07) is 11.4. The van der Waals surface area contributed by atoms with Gasteiger partial charge in [-0.05, 0) is 103 Å². The van der Waals surface area contributed by atoms with Gasteiger partial charge in [-0.15, -0.1) is 0 Å². The number of hydrogen-bond acceptors (Lipinski definition) is 8. The van der Waals surface area contributed by atoms with Crippen LogP contribution in [0.25, 0.3) is 0 Å². The Bertz CT molecular complexity index is 1560. The van der Waals surface area contributed by atoms with Crippen molar-refractivity contribution in [3.8, 4) is 5.75 Å². The fourth-order valence-electron chi connectivity index (χ4n) is 5.62. The molecule has 3 aromatic rings. The van der Waals surface area contributed by atoms with Gasteiger partial charge in [0.05, 0.1) is 39.7 Å². The van der Waals surface area contributed by atoms with Crippen molar-refractivity contribution in [1.82, 2.24) is 14.9 Å². The van der Waals surface area contributed by atoms with Gasteiger partial charge in [0.1, 0.15) is 17.4 Å². The first-order chi connectivity index (χ1) is 19.5. The van der Waals surface area contributed by atoms with E-state index >= 15 is 0 Å². The number of rotatable bonds is 9. The van der Waals surface area contributed by atoms with Crippen molar-refractivity contribution in [2.75, 3.05) is 25.5 Å². The van der Waals surface area contributed by atoms with E-state index in [9.17, 15) is 8.42 Å². The molecule has 0 unspecified atom stereocenters. The van der Waals surface area contributed by atoms with E-state index in [0.717, 1.165) is 48.5 Å². The van der Waals surface area contributed by atoms with Crippen LogP contribution in [0.4, 0.5) is 11.5 Å². The lowest BCUT2D eigenvalue weighted by molar-refractivity contribution is 0.237. The van der Waals surface area contributed by atoms with Crippen LogP contribution in [0.2, 0.25) is 0 Å². The van der Waals surface area contributed by atoms with Gasteiger partial charge < -0.3 is 15.0 Å². The van der Waals surface area contributed by atoms with Crippen molar-refractivity contribution in [3.63, 3.8) is 0 Å². The molecule has 0 bridgehead atoms. The van der Waals surface area contributed by atoms with Gasteiger partial charge in [-0.3, -0.25) is 4.99 Å². The number of aliphatic imine (C=N–C) groups is 1. The summed E-state index contributed by atoms with van der Waals surface area (Å²) in [5.74, 6) is 2.61. The molecule has 3 heterocycles. The highest BCUT2D eigenvalue weighted by Crippen LogP contribution is 2.36. The molecule has 1 N–H and O–H groups in total. The van der Waals surface area contributed by atoms with Crippen molar-refractivity contribution in [3.05, 3.63) is 70.2 Å². The number of fused-ring (bicyclic) bond motifs is 1. The van der Waals surface area contributed by atoms with Gasteiger partial charge in [0.25, 0.3) is 0 Å². The largest absolute Gasteiger partial charge is 0.491 e. The Morgan fingerprint density at radius 2 is 1.80 bits per heavy atom. The molecule has 218 valence electrons. The molecule has 2 aromatic carbocycles. The number of piperidine rings is 1. The lowest BCUT2D eigenvalue weighted by Crippen LogP contribution is -2.29. The first-order valence-corrected chi connectivity index (χ1v) is 16.1. The quantitative estimate of drug-likeness (QED) is 0.343. The van der Waals surface area contributed by atoms with E-state index in [2.05, 4.69) is 41.3 Å². The zero-order valence-corrected chi connectivity index (χ0v) is 25.8. The maximum absolute atomic E-state index is 13.1. The Labute approximate surface area is 244 Å². The zero-order chi connectivity index (χ0) is 29.3. The third-order valence-corrected chi connectivity index (χ3v) is 10.1. The van der Waals surface area contributed by atoms with Gasteiger partial charge in [-0.2, -0.15) is 0 Å². The van der Waals surface area contributed by atoms with Crippen LogP contribution in [0.5, 0.6) is 5.75 Å². The predicted molar refractivity (Wildman–Crippen MR) is 165 cm³/mol. The van der Waals surface area contributed by atoms with E-state index in [-0.39, 0.29) is 11.0 Å². The predicted octanol–water partition coefficient (Wildman–Crippen LogP) is 5.83. The van der Waals surface area contributed by atoms with Crippen molar-refractivity contribution < 1.29 is 13.2 Å². The Morgan fingerprint density at radius 3 is 2.51 bits per heavy atom. The number of benzene rings is 2. The third-order valence-electron chi connectivity index (χ3n) is 7.92. The number of nitrogens with one attached hydrogen (secondary N) is 1. The van der Waals surface area contributed by atoms with Crippen LogP contribution in [-0.4, -0.2) is 61.0 Å². The normalized spacial score (nSPS) is 16.0. The Morgan fingerprint density at radius 1 is 1.07 bits per heavy atom. The standard InChI is InChI=1S/C32H41N5O3S/c1-20(2)40-29-17-25(23-11-13-37(6)14-12-23)22(5)15-24(29)16-31-34-28-19-33-18-26(28)32(36-31)35-27-9-7-8-10-30(27)41(38,39)21(3)4/h7-10,15,17-18,20-21,23H,11-14,16,19H2,1-6H3,(H,34,35,36). The molecule has 1 saturated heterocycles. The summed E-state index contributed by atoms with van der Waals surface area (Å²) in [4.78, 5) is 16.8. The average molecular weight is 576 g/mol. The monoisotopic (exact) mass is 575 g/mol. The summed E-state index contributed by atoms with van der Waals surface area (Å²) in [6.45, 7) is 12.3. The van der Waals surface area contributed by atoms with Crippen molar-refractivity contribution in [1.29, 1.82) is 0 Å². The van der Waals surface area contributed by atoms with Crippen LogP contribution in [0.1, 0.15) is 80.2 Å². The lowest BCUT2D eigenvalue weighted by Gasteiger charge is -2.30. The van der Waals surface area contributed by atoms with Crippen molar-refractivity contribution >= 4 is 27.6 Å². The van der Waals surface area contributed by atoms with Crippen LogP contribution in [0.3, 0.4) is 0 Å². The van der Waals surface area contributed by atoms with Gasteiger partial charge in [0.2, 0.25) is 0 Å². The minimum absolute atomic E-state index is 0.0350. The molecule has 41 heavy (non-hydrogen) atoms. The van der Waals surface area contributed by atoms with Crippen LogP contribution < -0.4 is 10.1 Å². The second-order valence-electron chi connectivity index (χ2n) is 11.8. The maximum atomic E-state index is 13.1. The topological polar surface area (TPSA) is 96.8 Å². The molecule has 2 aliphatic rings. The molecular weight excluding hydrogens is 534 g/mol. The van der Waals surface area contributed by atoms with Gasteiger partial charge in [-0.1, -0.05) is 18.2 Å². The number of para-hydroxylation sites is 1. The van der Waals surface area contributed by atoms with Gasteiger partial charge in [0, 0.05) is 18.2 Å². The van der Waals surface area contributed by atoms with Crippen LogP contribution in [0.15, 0.2) is 46.3 Å². The molecule has 5 rings (SSSR count). The summed E-state index contributed by atoms with van der Waals surface area (Å²) in [5.41, 5.74) is 5.79. The molecule has 9 heteroatoms. The average Bonchev–Trinajstić information content (AvgIpc) is 3.40. The number of sulfone groups is 1. The van der Waals surface area contributed by atoms with Gasteiger partial charge >= 0.3 is 0 Å². The molecule has 8 nitrogen and oxygen atoms in total. The molecule has 0 atom stereocenters. The summed E-state index contributed by atoms with van der Waals surface area (Å²) in [7, 11) is -1.31. The molecule has 2 aliphatic heterocycles. The van der Waals surface area contributed by atoms with Crippen LogP contribution in [0, 0.1) is 6.92 Å². The molecule has 0 radical (unpaired) electrons. The van der Waals surface area contributed by atoms with Gasteiger partial charge in [-0.25, -0.2) is 18.4 Å². The number of aryl methyl sites for hydroxylation is 1. The minimum atomic E-state index is -3.50. The van der Waals surface area contributed by atoms with Crippen LogP contribution >= 0.6 is 0 Å². The molecule has 1 aromatic heterocycles. The maximum Gasteiger partial charge on any atom is 0.182 e. The number of ether oxygens (including phenoxy) is 1. The fraction of sp³-hybridized carbons (Fsp3) is 0.469. The second-order valence-corrected chi connectivity index (χ2v) is 14.2. The first-order valence-electron chi connectivity index (χ1n) is 14.5. The van der Waals surface area contributed by atoms with E-state index < -0.39 is 15.1 Å². The number of hydrogen-bond donors (Lipinski definition) is 1. The summed E-state index contributed by atoms with van der Waals surface area (Å²) in [5, 5.41) is 2.77. The van der Waals surface area contributed by atoms with Crippen LogP contribution in [-0.2, 0) is 22.8 Å². The Balaban J connectivity index is 1.50. The number of anilines is 2. The number of aromatic nitrogens is 2. The molecule has 0 amide bonds. The third kappa shape index (κ3) is 6.31. The Hall–Kier alpha value is -3.30. The summed E-state index contributed by atoms with van der Waals surface area (Å²) >= 11 is 0. The lowest BCUT2D eigenvalue weighted by atomic mass is 9.85. The zero-order valence-electron chi connectivity index (χ0n) is 24.9. The molecule has 1 fully saturated rings. The highest BCUT2D eigenvalue weighted by atomic mass is 32.2. The van der Waals surface area contributed by atoms with Crippen molar-refractivity contribution in [2.24, 2.45) is 4.99 Å². The fourth-order valence-corrected chi connectivity index (χ4v) is 6.82. The number of nitrogens with zero attached hydrogens (tertiary/aromatic N) is 4. The Kier molecular flexibility index (Phi) is 8.47. The second kappa shape index (κ2) is 11.9. The van der Waals surface area contributed by atoms with E-state index in [4.69, 9.17) is 14.7 Å². The minimum Gasteiger partial charge on any atom is -0.491 e. The molecular formula is C32H41N5O3S. The van der Waals surface area contributed by atoms with E-state index in [1.165, 1.54) is 11.1 Å². The molecule has 0 aliphatic carbocycles. The smallest absolute Gasteiger partial charge is 0.182 e. The highest BCUT2D eigenvalue weighted by molar-refractivity contribution is 7.92. The van der Waals surface area contributed by atoms with E-state index in [0.29, 0.717) is 36.2 Å². The first kappa shape index (κ1) is 29.2. The molecule has 0 saturated carbocycles. The summed E-state index contributed by atoms with van der Waals surface area (Å²) < 4.78 is 32.5. The van der Waals surface area contributed by atoms with E-state index in [1.807, 2.05) is 19.9 Å². The number of likely N-dealkylation sites (tertiary alicyclic amines) is 1. The van der Waals surface area contributed by atoms with E-state index in [1.54, 1.807) is 38.3 Å². The molecule has 0 spiro atoms. The highest BCUT2D eigenvalue weighted by Gasteiger charge is 2.26. The SMILES string of the molecule is Cc1cc(Cc2nc3c(c(Nc4ccccc4S(=O)(=O)C(C)C)n2)C=NC3)c(OC(C)C)cc1C1CCN(C)CC1.